The minimum atomic E-state index is 0.0222. The van der Waals surface area contributed by atoms with Crippen molar-refractivity contribution in [2.75, 3.05) is 7.05 Å². The van der Waals surface area contributed by atoms with Crippen molar-refractivity contribution in [1.82, 2.24) is 10.2 Å². The summed E-state index contributed by atoms with van der Waals surface area (Å²) >= 11 is 0. The standard InChI is InChI=1S/C24H30N2O2/c1-18-8-10-19(11-9-18)16-25-23(27)21-12-14-22(15-13-21)24(28)26(2)17-20-6-4-3-5-7-20/h3-11,21-22H,12-17H2,1-2H3,(H,25,27). The molecule has 0 aromatic heterocycles. The maximum atomic E-state index is 12.7. The van der Waals surface area contributed by atoms with Gasteiger partial charge < -0.3 is 10.2 Å². The molecule has 3 rings (SSSR count). The summed E-state index contributed by atoms with van der Waals surface area (Å²) in [4.78, 5) is 27.0. The van der Waals surface area contributed by atoms with Crippen LogP contribution in [0.5, 0.6) is 0 Å². The molecule has 0 heterocycles. The molecular formula is C24H30N2O2. The van der Waals surface area contributed by atoms with E-state index in [9.17, 15) is 9.59 Å². The van der Waals surface area contributed by atoms with Crippen molar-refractivity contribution in [3.05, 3.63) is 71.3 Å². The van der Waals surface area contributed by atoms with Gasteiger partial charge in [0.25, 0.3) is 0 Å². The Labute approximate surface area is 167 Å². The van der Waals surface area contributed by atoms with Gasteiger partial charge in [0.2, 0.25) is 11.8 Å². The van der Waals surface area contributed by atoms with Crippen molar-refractivity contribution in [2.45, 2.75) is 45.7 Å². The Kier molecular flexibility index (Phi) is 6.85. The Morgan fingerprint density at radius 1 is 0.893 bits per heavy atom. The zero-order valence-electron chi connectivity index (χ0n) is 16.9. The van der Waals surface area contributed by atoms with E-state index >= 15 is 0 Å². The van der Waals surface area contributed by atoms with Crippen LogP contribution >= 0.6 is 0 Å². The second-order valence-electron chi connectivity index (χ2n) is 7.93. The van der Waals surface area contributed by atoms with Gasteiger partial charge >= 0.3 is 0 Å². The Morgan fingerprint density at radius 2 is 1.50 bits per heavy atom. The van der Waals surface area contributed by atoms with E-state index in [1.807, 2.05) is 54.4 Å². The first kappa shape index (κ1) is 20.1. The second kappa shape index (κ2) is 9.54. The lowest BCUT2D eigenvalue weighted by Crippen LogP contribution is -2.38. The minimum Gasteiger partial charge on any atom is -0.352 e. The SMILES string of the molecule is Cc1ccc(CNC(=O)C2CCC(C(=O)N(C)Cc3ccccc3)CC2)cc1. The van der Waals surface area contributed by atoms with Crippen molar-refractivity contribution in [3.63, 3.8) is 0 Å². The molecule has 2 aromatic carbocycles. The number of carbonyl (C=O) groups excluding carboxylic acids is 2. The van der Waals surface area contributed by atoms with Gasteiger partial charge in [-0.1, -0.05) is 60.2 Å². The predicted molar refractivity (Wildman–Crippen MR) is 111 cm³/mol. The third-order valence-corrected chi connectivity index (χ3v) is 5.67. The van der Waals surface area contributed by atoms with E-state index in [2.05, 4.69) is 24.4 Å². The molecule has 2 aromatic rings. The lowest BCUT2D eigenvalue weighted by molar-refractivity contribution is -0.137. The number of amides is 2. The summed E-state index contributed by atoms with van der Waals surface area (Å²) in [6.07, 6.45) is 3.16. The molecule has 0 bridgehead atoms. The molecule has 0 unspecified atom stereocenters. The van der Waals surface area contributed by atoms with Crippen LogP contribution in [0.3, 0.4) is 0 Å². The molecule has 0 radical (unpaired) electrons. The third kappa shape index (κ3) is 5.44. The molecule has 4 heteroatoms. The molecule has 1 saturated carbocycles. The van der Waals surface area contributed by atoms with Crippen molar-refractivity contribution in [1.29, 1.82) is 0 Å². The molecule has 0 aliphatic heterocycles. The summed E-state index contributed by atoms with van der Waals surface area (Å²) in [6, 6.07) is 18.3. The molecule has 1 aliphatic carbocycles. The highest BCUT2D eigenvalue weighted by molar-refractivity contribution is 5.81. The van der Waals surface area contributed by atoms with Crippen molar-refractivity contribution >= 4 is 11.8 Å². The van der Waals surface area contributed by atoms with Crippen LogP contribution in [0.4, 0.5) is 0 Å². The van der Waals surface area contributed by atoms with Crippen LogP contribution in [0.15, 0.2) is 54.6 Å². The van der Waals surface area contributed by atoms with E-state index in [-0.39, 0.29) is 23.7 Å². The number of rotatable bonds is 6. The molecule has 28 heavy (non-hydrogen) atoms. The van der Waals surface area contributed by atoms with Gasteiger partial charge in [0, 0.05) is 32.0 Å². The fraction of sp³-hybridized carbons (Fsp3) is 0.417. The number of benzene rings is 2. The van der Waals surface area contributed by atoms with Gasteiger partial charge in [-0.25, -0.2) is 0 Å². The fourth-order valence-electron chi connectivity index (χ4n) is 3.89. The number of nitrogens with one attached hydrogen (secondary N) is 1. The van der Waals surface area contributed by atoms with Gasteiger partial charge in [-0.2, -0.15) is 0 Å². The van der Waals surface area contributed by atoms with Crippen LogP contribution < -0.4 is 5.32 Å². The third-order valence-electron chi connectivity index (χ3n) is 5.67. The van der Waals surface area contributed by atoms with E-state index < -0.39 is 0 Å². The fourth-order valence-corrected chi connectivity index (χ4v) is 3.89. The number of aryl methyl sites for hydroxylation is 1. The number of hydrogen-bond acceptors (Lipinski definition) is 2. The van der Waals surface area contributed by atoms with Gasteiger partial charge in [-0.05, 0) is 43.7 Å². The quantitative estimate of drug-likeness (QED) is 0.823. The molecule has 4 nitrogen and oxygen atoms in total. The molecular weight excluding hydrogens is 348 g/mol. The van der Waals surface area contributed by atoms with E-state index in [1.54, 1.807) is 0 Å². The van der Waals surface area contributed by atoms with Gasteiger partial charge in [0.1, 0.15) is 0 Å². The molecule has 148 valence electrons. The zero-order chi connectivity index (χ0) is 19.9. The lowest BCUT2D eigenvalue weighted by atomic mass is 9.81. The highest BCUT2D eigenvalue weighted by Crippen LogP contribution is 2.30. The first-order chi connectivity index (χ1) is 13.5. The van der Waals surface area contributed by atoms with Crippen molar-refractivity contribution in [3.8, 4) is 0 Å². The summed E-state index contributed by atoms with van der Waals surface area (Å²) in [7, 11) is 1.87. The normalized spacial score (nSPS) is 19.1. The summed E-state index contributed by atoms with van der Waals surface area (Å²) in [5, 5.41) is 3.05. The summed E-state index contributed by atoms with van der Waals surface area (Å²) in [6.45, 7) is 3.26. The Morgan fingerprint density at radius 3 is 2.14 bits per heavy atom. The molecule has 0 saturated heterocycles. The number of carbonyl (C=O) groups is 2. The first-order valence-electron chi connectivity index (χ1n) is 10.1. The van der Waals surface area contributed by atoms with E-state index in [0.717, 1.165) is 36.8 Å². The van der Waals surface area contributed by atoms with Gasteiger partial charge in [-0.15, -0.1) is 0 Å². The second-order valence-corrected chi connectivity index (χ2v) is 7.93. The molecule has 2 amide bonds. The Hall–Kier alpha value is -2.62. The first-order valence-corrected chi connectivity index (χ1v) is 10.1. The van der Waals surface area contributed by atoms with Crippen LogP contribution in [-0.2, 0) is 22.7 Å². The Bertz CT molecular complexity index is 778. The maximum Gasteiger partial charge on any atom is 0.225 e. The van der Waals surface area contributed by atoms with Crippen LogP contribution in [0.1, 0.15) is 42.4 Å². The highest BCUT2D eigenvalue weighted by atomic mass is 16.2. The molecule has 1 N–H and O–H groups in total. The number of hydrogen-bond donors (Lipinski definition) is 1. The van der Waals surface area contributed by atoms with Gasteiger partial charge in [-0.3, -0.25) is 9.59 Å². The monoisotopic (exact) mass is 378 g/mol. The van der Waals surface area contributed by atoms with Gasteiger partial charge in [0.05, 0.1) is 0 Å². The van der Waals surface area contributed by atoms with Crippen LogP contribution in [-0.4, -0.2) is 23.8 Å². The van der Waals surface area contributed by atoms with Crippen LogP contribution in [0.25, 0.3) is 0 Å². The lowest BCUT2D eigenvalue weighted by Gasteiger charge is -2.30. The molecule has 1 aliphatic rings. The largest absolute Gasteiger partial charge is 0.352 e. The smallest absolute Gasteiger partial charge is 0.225 e. The minimum absolute atomic E-state index is 0.0222. The van der Waals surface area contributed by atoms with Crippen molar-refractivity contribution < 1.29 is 9.59 Å². The van der Waals surface area contributed by atoms with E-state index in [1.165, 1.54) is 5.56 Å². The summed E-state index contributed by atoms with van der Waals surface area (Å²) < 4.78 is 0. The highest BCUT2D eigenvalue weighted by Gasteiger charge is 2.31. The predicted octanol–water partition coefficient (Wildman–Crippen LogP) is 4.08. The average Bonchev–Trinajstić information content (AvgIpc) is 2.73. The van der Waals surface area contributed by atoms with Crippen LogP contribution in [0, 0.1) is 18.8 Å². The molecule has 0 atom stereocenters. The average molecular weight is 379 g/mol. The Balaban J connectivity index is 1.43. The maximum absolute atomic E-state index is 12.7. The van der Waals surface area contributed by atoms with E-state index in [0.29, 0.717) is 13.1 Å². The topological polar surface area (TPSA) is 49.4 Å². The number of nitrogens with zero attached hydrogens (tertiary/aromatic N) is 1. The zero-order valence-corrected chi connectivity index (χ0v) is 16.9. The van der Waals surface area contributed by atoms with Gasteiger partial charge in [0.15, 0.2) is 0 Å². The summed E-state index contributed by atoms with van der Waals surface area (Å²) in [5.74, 6) is 0.371. The molecule has 1 fully saturated rings. The summed E-state index contributed by atoms with van der Waals surface area (Å²) in [5.41, 5.74) is 3.48. The van der Waals surface area contributed by atoms with Crippen molar-refractivity contribution in [2.24, 2.45) is 11.8 Å². The van der Waals surface area contributed by atoms with Crippen LogP contribution in [0.2, 0.25) is 0 Å². The van der Waals surface area contributed by atoms with E-state index in [4.69, 9.17) is 0 Å². The molecule has 0 spiro atoms.